The lowest BCUT2D eigenvalue weighted by atomic mass is 9.97. The largest absolute Gasteiger partial charge is 0.327 e. The molecule has 0 spiro atoms. The Morgan fingerprint density at radius 1 is 1.46 bits per heavy atom. The fourth-order valence-corrected chi connectivity index (χ4v) is 1.66. The van der Waals surface area contributed by atoms with Crippen LogP contribution in [0.2, 0.25) is 0 Å². The summed E-state index contributed by atoms with van der Waals surface area (Å²) in [5.41, 5.74) is 5.93. The average molecular weight is 183 g/mol. The van der Waals surface area contributed by atoms with E-state index in [9.17, 15) is 8.78 Å². The molecule has 0 unspecified atom stereocenters. The van der Waals surface area contributed by atoms with Gasteiger partial charge in [0.05, 0.1) is 0 Å². The minimum atomic E-state index is -0.543. The van der Waals surface area contributed by atoms with Crippen molar-refractivity contribution in [3.8, 4) is 0 Å². The first-order valence-corrected chi connectivity index (χ1v) is 4.25. The zero-order valence-electron chi connectivity index (χ0n) is 7.35. The quantitative estimate of drug-likeness (QED) is 0.707. The van der Waals surface area contributed by atoms with Gasteiger partial charge in [-0.15, -0.1) is 0 Å². The number of rotatable bonds is 1. The first kappa shape index (κ1) is 8.63. The van der Waals surface area contributed by atoms with Crippen molar-refractivity contribution >= 4 is 0 Å². The highest BCUT2D eigenvalue weighted by Gasteiger charge is 2.50. The predicted octanol–water partition coefficient (Wildman–Crippen LogP) is 1.95. The summed E-state index contributed by atoms with van der Waals surface area (Å²) >= 11 is 0. The molecule has 13 heavy (non-hydrogen) atoms. The lowest BCUT2D eigenvalue weighted by Gasteiger charge is -2.10. The highest BCUT2D eigenvalue weighted by Crippen LogP contribution is 2.47. The van der Waals surface area contributed by atoms with E-state index in [0.717, 1.165) is 12.5 Å². The van der Waals surface area contributed by atoms with E-state index in [1.54, 1.807) is 0 Å². The van der Waals surface area contributed by atoms with Crippen LogP contribution in [0, 0.1) is 11.6 Å². The maximum Gasteiger partial charge on any atom is 0.129 e. The van der Waals surface area contributed by atoms with Crippen molar-refractivity contribution in [3.05, 3.63) is 35.4 Å². The van der Waals surface area contributed by atoms with Gasteiger partial charge in [0.2, 0.25) is 0 Å². The summed E-state index contributed by atoms with van der Waals surface area (Å²) in [6.07, 6.45) is 0.773. The summed E-state index contributed by atoms with van der Waals surface area (Å²) in [5.74, 6) is -1.03. The molecule has 1 aliphatic rings. The SMILES string of the molecule is C[C@]1(c2ccc(F)cc2F)C[C@H]1N. The molecule has 1 aromatic carbocycles. The summed E-state index contributed by atoms with van der Waals surface area (Å²) in [6, 6.07) is 3.67. The maximum atomic E-state index is 13.3. The van der Waals surface area contributed by atoms with Crippen LogP contribution in [-0.4, -0.2) is 6.04 Å². The van der Waals surface area contributed by atoms with Gasteiger partial charge in [-0.1, -0.05) is 13.0 Å². The number of hydrogen-bond acceptors (Lipinski definition) is 1. The molecule has 0 heterocycles. The molecule has 1 fully saturated rings. The van der Waals surface area contributed by atoms with Gasteiger partial charge in [0, 0.05) is 17.5 Å². The second-order valence-electron chi connectivity index (χ2n) is 3.85. The van der Waals surface area contributed by atoms with Gasteiger partial charge in [-0.25, -0.2) is 8.78 Å². The molecule has 70 valence electrons. The summed E-state index contributed by atoms with van der Waals surface area (Å²) in [6.45, 7) is 1.90. The van der Waals surface area contributed by atoms with E-state index in [-0.39, 0.29) is 11.5 Å². The van der Waals surface area contributed by atoms with Gasteiger partial charge in [-0.3, -0.25) is 0 Å². The lowest BCUT2D eigenvalue weighted by Crippen LogP contribution is -2.16. The molecule has 1 aliphatic carbocycles. The van der Waals surface area contributed by atoms with Gasteiger partial charge in [-0.2, -0.15) is 0 Å². The van der Waals surface area contributed by atoms with E-state index in [0.29, 0.717) is 5.56 Å². The van der Waals surface area contributed by atoms with Gasteiger partial charge in [0.15, 0.2) is 0 Å². The topological polar surface area (TPSA) is 26.0 Å². The average Bonchev–Trinajstić information content (AvgIpc) is 2.59. The zero-order chi connectivity index (χ0) is 9.64. The summed E-state index contributed by atoms with van der Waals surface area (Å²) in [5, 5.41) is 0. The first-order valence-electron chi connectivity index (χ1n) is 4.25. The molecule has 0 radical (unpaired) electrons. The third kappa shape index (κ3) is 1.23. The van der Waals surface area contributed by atoms with Crippen LogP contribution in [0.25, 0.3) is 0 Å². The molecule has 2 rings (SSSR count). The van der Waals surface area contributed by atoms with Crippen molar-refractivity contribution in [3.63, 3.8) is 0 Å². The first-order chi connectivity index (χ1) is 6.04. The van der Waals surface area contributed by atoms with Crippen LogP contribution in [0.4, 0.5) is 8.78 Å². The van der Waals surface area contributed by atoms with Gasteiger partial charge < -0.3 is 5.73 Å². The van der Waals surface area contributed by atoms with Crippen LogP contribution in [0.5, 0.6) is 0 Å². The second kappa shape index (κ2) is 2.51. The van der Waals surface area contributed by atoms with E-state index < -0.39 is 11.6 Å². The molecule has 0 aliphatic heterocycles. The van der Waals surface area contributed by atoms with E-state index in [2.05, 4.69) is 0 Å². The van der Waals surface area contributed by atoms with Gasteiger partial charge >= 0.3 is 0 Å². The number of nitrogens with two attached hydrogens (primary N) is 1. The molecular weight excluding hydrogens is 172 g/mol. The van der Waals surface area contributed by atoms with E-state index in [4.69, 9.17) is 5.73 Å². The number of benzene rings is 1. The van der Waals surface area contributed by atoms with Gasteiger partial charge in [0.25, 0.3) is 0 Å². The summed E-state index contributed by atoms with van der Waals surface area (Å²) in [4.78, 5) is 0. The smallest absolute Gasteiger partial charge is 0.129 e. The molecule has 1 nitrogen and oxygen atoms in total. The van der Waals surface area contributed by atoms with Gasteiger partial charge in [-0.05, 0) is 18.1 Å². The molecule has 2 atom stereocenters. The Balaban J connectivity index is 2.42. The van der Waals surface area contributed by atoms with Crippen LogP contribution < -0.4 is 5.73 Å². The fourth-order valence-electron chi connectivity index (χ4n) is 1.66. The van der Waals surface area contributed by atoms with Crippen molar-refractivity contribution in [1.82, 2.24) is 0 Å². The normalized spacial score (nSPS) is 31.8. The van der Waals surface area contributed by atoms with Crippen LogP contribution in [-0.2, 0) is 5.41 Å². The van der Waals surface area contributed by atoms with E-state index in [1.165, 1.54) is 12.1 Å². The molecular formula is C10H11F2N. The minimum Gasteiger partial charge on any atom is -0.327 e. The van der Waals surface area contributed by atoms with E-state index in [1.807, 2.05) is 6.92 Å². The van der Waals surface area contributed by atoms with Crippen LogP contribution >= 0.6 is 0 Å². The monoisotopic (exact) mass is 183 g/mol. The number of halogens is 2. The van der Waals surface area contributed by atoms with Crippen LogP contribution in [0.3, 0.4) is 0 Å². The lowest BCUT2D eigenvalue weighted by molar-refractivity contribution is 0.553. The minimum absolute atomic E-state index is 0.00691. The van der Waals surface area contributed by atoms with Crippen LogP contribution in [0.1, 0.15) is 18.9 Å². The molecule has 3 heteroatoms. The molecule has 1 saturated carbocycles. The summed E-state index contributed by atoms with van der Waals surface area (Å²) < 4.78 is 25.8. The van der Waals surface area contributed by atoms with Crippen LogP contribution in [0.15, 0.2) is 18.2 Å². The Morgan fingerprint density at radius 3 is 2.54 bits per heavy atom. The third-order valence-corrected chi connectivity index (χ3v) is 2.85. The van der Waals surface area contributed by atoms with Crippen molar-refractivity contribution < 1.29 is 8.78 Å². The van der Waals surface area contributed by atoms with E-state index >= 15 is 0 Å². The Labute approximate surface area is 75.6 Å². The molecule has 2 N–H and O–H groups in total. The fraction of sp³-hybridized carbons (Fsp3) is 0.400. The standard InChI is InChI=1S/C10H11F2N/c1-10(5-9(10)13)7-3-2-6(11)4-8(7)12/h2-4,9H,5,13H2,1H3/t9-,10-/m1/s1. The Bertz CT molecular complexity index is 351. The van der Waals surface area contributed by atoms with Crippen molar-refractivity contribution in [2.24, 2.45) is 5.73 Å². The zero-order valence-corrected chi connectivity index (χ0v) is 7.35. The molecule has 0 amide bonds. The highest BCUT2D eigenvalue weighted by atomic mass is 19.1. The molecule has 0 aromatic heterocycles. The number of hydrogen-bond donors (Lipinski definition) is 1. The Kier molecular flexibility index (Phi) is 1.67. The maximum absolute atomic E-state index is 13.3. The second-order valence-corrected chi connectivity index (χ2v) is 3.85. The predicted molar refractivity (Wildman–Crippen MR) is 46.3 cm³/mol. The third-order valence-electron chi connectivity index (χ3n) is 2.85. The highest BCUT2D eigenvalue weighted by molar-refractivity contribution is 5.35. The van der Waals surface area contributed by atoms with Crippen molar-refractivity contribution in [2.45, 2.75) is 24.8 Å². The van der Waals surface area contributed by atoms with Crippen molar-refractivity contribution in [1.29, 1.82) is 0 Å². The van der Waals surface area contributed by atoms with Crippen molar-refractivity contribution in [2.75, 3.05) is 0 Å². The Hall–Kier alpha value is -0.960. The molecule has 1 aromatic rings. The Morgan fingerprint density at radius 2 is 2.08 bits per heavy atom. The molecule has 0 bridgehead atoms. The van der Waals surface area contributed by atoms with Gasteiger partial charge in [0.1, 0.15) is 11.6 Å². The summed E-state index contributed by atoms with van der Waals surface area (Å²) in [7, 11) is 0. The molecule has 0 saturated heterocycles.